The molecule has 2 aromatic rings. The maximum Gasteiger partial charge on any atom is 0.246 e. The summed E-state index contributed by atoms with van der Waals surface area (Å²) >= 11 is 0. The number of carbonyl (C=O) groups excluding carboxylic acids is 1. The normalized spacial score (nSPS) is 14.2. The van der Waals surface area contributed by atoms with Crippen molar-refractivity contribution >= 4 is 17.3 Å². The van der Waals surface area contributed by atoms with Crippen molar-refractivity contribution in [3.8, 4) is 0 Å². The lowest BCUT2D eigenvalue weighted by Crippen LogP contribution is -2.31. The third kappa shape index (κ3) is 3.73. The second-order valence-electron chi connectivity index (χ2n) is 6.24. The summed E-state index contributed by atoms with van der Waals surface area (Å²) < 4.78 is 0. The molecule has 3 nitrogen and oxygen atoms in total. The molecule has 0 aliphatic heterocycles. The molecule has 3 rings (SSSR count). The molecular formula is C20H24N2O. The SMILES string of the molecule is CCc1ccc(NC(=O)[C@@H](C)Nc2ccc3c(c2)CCC3)cc1. The van der Waals surface area contributed by atoms with Gasteiger partial charge in [0, 0.05) is 11.4 Å². The minimum Gasteiger partial charge on any atom is -0.374 e. The fraction of sp³-hybridized carbons (Fsp3) is 0.350. The van der Waals surface area contributed by atoms with Crippen molar-refractivity contribution < 1.29 is 4.79 Å². The van der Waals surface area contributed by atoms with Crippen LogP contribution in [0.5, 0.6) is 0 Å². The van der Waals surface area contributed by atoms with Crippen LogP contribution in [0.3, 0.4) is 0 Å². The smallest absolute Gasteiger partial charge is 0.246 e. The Morgan fingerprint density at radius 1 is 1.04 bits per heavy atom. The molecule has 120 valence electrons. The van der Waals surface area contributed by atoms with Crippen molar-refractivity contribution in [2.75, 3.05) is 10.6 Å². The molecule has 1 atom stereocenters. The Labute approximate surface area is 138 Å². The highest BCUT2D eigenvalue weighted by molar-refractivity contribution is 5.96. The Morgan fingerprint density at radius 2 is 1.74 bits per heavy atom. The average molecular weight is 308 g/mol. The van der Waals surface area contributed by atoms with Crippen molar-refractivity contribution in [3.05, 3.63) is 59.2 Å². The summed E-state index contributed by atoms with van der Waals surface area (Å²) in [6, 6.07) is 14.2. The van der Waals surface area contributed by atoms with Crippen LogP contribution < -0.4 is 10.6 Å². The van der Waals surface area contributed by atoms with E-state index < -0.39 is 0 Å². The van der Waals surface area contributed by atoms with Gasteiger partial charge in [-0.1, -0.05) is 25.1 Å². The van der Waals surface area contributed by atoms with E-state index in [1.54, 1.807) is 0 Å². The van der Waals surface area contributed by atoms with E-state index in [2.05, 4.69) is 35.8 Å². The van der Waals surface area contributed by atoms with E-state index in [4.69, 9.17) is 0 Å². The maximum atomic E-state index is 12.3. The number of nitrogens with one attached hydrogen (secondary N) is 2. The van der Waals surface area contributed by atoms with Crippen molar-refractivity contribution in [2.24, 2.45) is 0 Å². The van der Waals surface area contributed by atoms with Gasteiger partial charge < -0.3 is 10.6 Å². The number of rotatable bonds is 5. The predicted molar refractivity (Wildman–Crippen MR) is 96.0 cm³/mol. The van der Waals surface area contributed by atoms with Crippen molar-refractivity contribution in [1.82, 2.24) is 0 Å². The molecule has 0 aromatic heterocycles. The third-order valence-electron chi connectivity index (χ3n) is 4.50. The number of carbonyl (C=O) groups is 1. The minimum atomic E-state index is -0.277. The highest BCUT2D eigenvalue weighted by Gasteiger charge is 2.15. The van der Waals surface area contributed by atoms with Crippen molar-refractivity contribution in [1.29, 1.82) is 0 Å². The second-order valence-corrected chi connectivity index (χ2v) is 6.24. The van der Waals surface area contributed by atoms with Crippen molar-refractivity contribution in [3.63, 3.8) is 0 Å². The van der Waals surface area contributed by atoms with Crippen molar-refractivity contribution in [2.45, 2.75) is 45.6 Å². The fourth-order valence-electron chi connectivity index (χ4n) is 3.05. The molecule has 3 heteroatoms. The molecule has 0 spiro atoms. The summed E-state index contributed by atoms with van der Waals surface area (Å²) in [5.74, 6) is -0.0188. The number of hydrogen-bond donors (Lipinski definition) is 2. The standard InChI is InChI=1S/C20H24N2O/c1-3-15-7-10-18(11-8-15)22-20(23)14(2)21-19-12-9-16-5-4-6-17(16)13-19/h7-14,21H,3-6H2,1-2H3,(H,22,23)/t14-/m1/s1. The summed E-state index contributed by atoms with van der Waals surface area (Å²) in [6.45, 7) is 4.01. The first kappa shape index (κ1) is 15.6. The molecular weight excluding hydrogens is 284 g/mol. The van der Waals surface area contributed by atoms with Gasteiger partial charge in [0.1, 0.15) is 6.04 Å². The van der Waals surface area contributed by atoms with Crippen LogP contribution in [0, 0.1) is 0 Å². The van der Waals surface area contributed by atoms with E-state index in [0.717, 1.165) is 24.2 Å². The zero-order valence-corrected chi connectivity index (χ0v) is 13.9. The first-order valence-electron chi connectivity index (χ1n) is 8.44. The second kappa shape index (κ2) is 6.86. The van der Waals surface area contributed by atoms with Crippen LogP contribution in [0.25, 0.3) is 0 Å². The number of benzene rings is 2. The molecule has 1 aliphatic carbocycles. The largest absolute Gasteiger partial charge is 0.374 e. The van der Waals surface area contributed by atoms with Gasteiger partial charge >= 0.3 is 0 Å². The molecule has 0 heterocycles. The van der Waals surface area contributed by atoms with Gasteiger partial charge in [0.05, 0.1) is 0 Å². The summed E-state index contributed by atoms with van der Waals surface area (Å²) in [5, 5.41) is 6.27. The zero-order valence-electron chi connectivity index (χ0n) is 13.9. The average Bonchev–Trinajstić information content (AvgIpc) is 3.03. The molecule has 1 amide bonds. The molecule has 1 aliphatic rings. The molecule has 0 bridgehead atoms. The summed E-state index contributed by atoms with van der Waals surface area (Å²) in [4.78, 5) is 12.3. The molecule has 2 aromatic carbocycles. The Bertz CT molecular complexity index is 691. The highest BCUT2D eigenvalue weighted by atomic mass is 16.2. The van der Waals surface area contributed by atoms with E-state index in [1.165, 1.54) is 29.5 Å². The first-order valence-corrected chi connectivity index (χ1v) is 8.44. The third-order valence-corrected chi connectivity index (χ3v) is 4.50. The molecule has 0 saturated carbocycles. The van der Waals surface area contributed by atoms with Gasteiger partial charge in [-0.15, -0.1) is 0 Å². The highest BCUT2D eigenvalue weighted by Crippen LogP contribution is 2.25. The number of anilines is 2. The van der Waals surface area contributed by atoms with Crippen LogP contribution in [-0.2, 0) is 24.1 Å². The van der Waals surface area contributed by atoms with Crippen LogP contribution in [0.4, 0.5) is 11.4 Å². The van der Waals surface area contributed by atoms with Crippen LogP contribution >= 0.6 is 0 Å². The summed E-state index contributed by atoms with van der Waals surface area (Å²) in [7, 11) is 0. The van der Waals surface area contributed by atoms with E-state index in [1.807, 2.05) is 31.2 Å². The minimum absolute atomic E-state index is 0.0188. The van der Waals surface area contributed by atoms with Gasteiger partial charge in [-0.2, -0.15) is 0 Å². The molecule has 0 fully saturated rings. The van der Waals surface area contributed by atoms with Crippen LogP contribution in [-0.4, -0.2) is 11.9 Å². The lowest BCUT2D eigenvalue weighted by atomic mass is 10.1. The van der Waals surface area contributed by atoms with Crippen LogP contribution in [0.2, 0.25) is 0 Å². The molecule has 2 N–H and O–H groups in total. The Balaban J connectivity index is 1.60. The number of hydrogen-bond acceptors (Lipinski definition) is 2. The molecule has 23 heavy (non-hydrogen) atoms. The quantitative estimate of drug-likeness (QED) is 0.870. The molecule has 0 radical (unpaired) electrons. The summed E-state index contributed by atoms with van der Waals surface area (Å²) in [6.07, 6.45) is 4.57. The summed E-state index contributed by atoms with van der Waals surface area (Å²) in [5.41, 5.74) is 6.00. The van der Waals surface area contributed by atoms with Gasteiger partial charge in [0.2, 0.25) is 5.91 Å². The maximum absolute atomic E-state index is 12.3. The molecule has 0 unspecified atom stereocenters. The number of fused-ring (bicyclic) bond motifs is 1. The number of amides is 1. The van der Waals surface area contributed by atoms with E-state index in [0.29, 0.717) is 0 Å². The number of aryl methyl sites for hydroxylation is 3. The van der Waals surface area contributed by atoms with E-state index >= 15 is 0 Å². The van der Waals surface area contributed by atoms with Gasteiger partial charge in [0.15, 0.2) is 0 Å². The Kier molecular flexibility index (Phi) is 4.65. The lowest BCUT2D eigenvalue weighted by molar-refractivity contribution is -0.116. The topological polar surface area (TPSA) is 41.1 Å². The first-order chi connectivity index (χ1) is 11.2. The van der Waals surface area contributed by atoms with Gasteiger partial charge in [-0.3, -0.25) is 4.79 Å². The monoisotopic (exact) mass is 308 g/mol. The van der Waals surface area contributed by atoms with E-state index in [9.17, 15) is 4.79 Å². The Hall–Kier alpha value is -2.29. The zero-order chi connectivity index (χ0) is 16.2. The van der Waals surface area contributed by atoms with Gasteiger partial charge in [-0.05, 0) is 73.6 Å². The van der Waals surface area contributed by atoms with Gasteiger partial charge in [0.25, 0.3) is 0 Å². The van der Waals surface area contributed by atoms with E-state index in [-0.39, 0.29) is 11.9 Å². The van der Waals surface area contributed by atoms with Crippen LogP contribution in [0.15, 0.2) is 42.5 Å². The van der Waals surface area contributed by atoms with Crippen LogP contribution in [0.1, 0.15) is 37.0 Å². The predicted octanol–water partition coefficient (Wildman–Crippen LogP) is 4.18. The van der Waals surface area contributed by atoms with Gasteiger partial charge in [-0.25, -0.2) is 0 Å². The lowest BCUT2D eigenvalue weighted by Gasteiger charge is -2.16. The Morgan fingerprint density at radius 3 is 2.48 bits per heavy atom. The fourth-order valence-corrected chi connectivity index (χ4v) is 3.05. The molecule has 0 saturated heterocycles.